The molecule has 5 aliphatic carbocycles. The highest BCUT2D eigenvalue weighted by Gasteiger charge is 2.51. The molecule has 15 aromatic carbocycles. The van der Waals surface area contributed by atoms with Crippen LogP contribution in [-0.2, 0) is 27.5 Å². The Balaban J connectivity index is 0.000000127. The third kappa shape index (κ3) is 21.3. The fourth-order valence-corrected chi connectivity index (χ4v) is 25.9. The fourth-order valence-electron chi connectivity index (χ4n) is 25.9. The Hall–Kier alpha value is -13.4. The van der Waals surface area contributed by atoms with Gasteiger partial charge in [0.1, 0.15) is 0 Å². The molecule has 3 heterocycles. The van der Waals surface area contributed by atoms with Crippen molar-refractivity contribution in [2.45, 2.75) is 276 Å². The van der Waals surface area contributed by atoms with Gasteiger partial charge in [0, 0.05) is 61.8 Å². The lowest BCUT2D eigenvalue weighted by atomic mass is 9.59. The molecule has 8 aliphatic rings. The van der Waals surface area contributed by atoms with Crippen LogP contribution in [-0.4, -0.2) is 87.4 Å². The number of allylic oxidation sites excluding steroid dienone is 1. The summed E-state index contributed by atoms with van der Waals surface area (Å²) < 4.78 is 0. The van der Waals surface area contributed by atoms with Crippen molar-refractivity contribution in [1.29, 1.82) is 10.8 Å². The van der Waals surface area contributed by atoms with Crippen molar-refractivity contribution < 1.29 is 25.5 Å². The summed E-state index contributed by atoms with van der Waals surface area (Å²) in [6, 6.07) is 134. The van der Waals surface area contributed by atoms with E-state index >= 15 is 0 Å². The summed E-state index contributed by atoms with van der Waals surface area (Å²) in [4.78, 5) is 14.0. The van der Waals surface area contributed by atoms with Gasteiger partial charge in [-0.2, -0.15) is 15.2 Å². The molecule has 11 heteroatoms. The van der Waals surface area contributed by atoms with Gasteiger partial charge in [-0.25, -0.2) is 9.79 Å². The first-order valence-electron chi connectivity index (χ1n) is 52.5. The van der Waals surface area contributed by atoms with Crippen LogP contribution in [0.2, 0.25) is 0 Å². The minimum Gasteiger partial charge on any atom is -0.393 e. The summed E-state index contributed by atoms with van der Waals surface area (Å²) in [5.41, 5.74) is 43.2. The number of hydrogen-bond donors (Lipinski definition) is 4. The molecule has 15 aromatic rings. The number of nitrogens with zero attached hydrogens (tertiary/aromatic N) is 6. The number of isocyanates is 1. The van der Waals surface area contributed by atoms with E-state index in [1.807, 2.05) is 55.4 Å². The van der Waals surface area contributed by atoms with E-state index in [9.17, 15) is 25.5 Å². The van der Waals surface area contributed by atoms with Crippen LogP contribution in [0.4, 0.5) is 0 Å². The highest BCUT2D eigenvalue weighted by Crippen LogP contribution is 2.61. The topological polar surface area (TPSA) is 168 Å². The van der Waals surface area contributed by atoms with Crippen molar-refractivity contribution in [2.75, 3.05) is 0 Å². The molecule has 23 rings (SSSR count). The number of aliphatic hydroxyl groups excluding tert-OH is 1. The van der Waals surface area contributed by atoms with Crippen LogP contribution in [0.25, 0.3) is 66.8 Å². The van der Waals surface area contributed by atoms with E-state index in [0.717, 1.165) is 19.3 Å². The normalized spacial score (nSPS) is 17.1. The SMILES string of the molecule is CC(C)(C)c1cccc2c1Cc1c-2cccc1C(C)(C)C.CC1(C)CC(N=C=O)CC(C)(C)N1O.CC1(C)CC(O)CC(C)(C)N1O.CC1(C)CCCC(C)(C)N1O.Cc1cc(C)c(C2c3ccccc3-c3ccccc32)c(C)c1.N#N.c1ccc(C(=C2c3ccccc3-c3ccccc32)C2c3ccccc3-c3ccccc32)cc1.c1ccc(C(c2ccccc2)(c2ccccc2)C2c3ccccc3-c3ccccc32)cc1. The summed E-state index contributed by atoms with van der Waals surface area (Å²) in [7, 11) is 0. The average molecular weight is 1950 g/mol. The maximum atomic E-state index is 10.2. The van der Waals surface area contributed by atoms with Gasteiger partial charge in [-0.15, -0.1) is 0 Å². The molecular formula is C136H148N6O5. The monoisotopic (exact) mass is 1950 g/mol. The number of rotatable bonds is 8. The Bertz CT molecular complexity index is 6890. The predicted molar refractivity (Wildman–Crippen MR) is 605 cm³/mol. The van der Waals surface area contributed by atoms with Crippen molar-refractivity contribution in [3.05, 3.63) is 475 Å². The molecule has 0 spiro atoms. The van der Waals surface area contributed by atoms with E-state index in [2.05, 4.69) is 459 Å². The number of hydrogen-bond acceptors (Lipinski definition) is 11. The quantitative estimate of drug-likeness (QED) is 0.0497. The standard InChI is InChI=1S/C33H22.C32H24.C22H20.C21H26.C10H18N2O2.C9H19NO2.C9H19NO.N2/c1-2-12-22(13-3-1)31(32-27-18-8-4-14-23(27)24-15-5-9-19-28(24)32)33-29-20-10-6-16-25(29)26-17-7-11-21-30(26)33;1-4-14-24(15-5-1)32(25-16-6-2-7-17-25,26-18-8-3-9-19-26)31-29-22-12-10-20-27(29)28-21-11-13-23-30(28)31;1-14-12-15(2)21(16(3)13-14)22-19-10-6-4-8-17(19)18-9-5-7-11-20(18)22;1-20(2,3)18-11-7-9-14-15-10-8-12-19(21(4,5)6)17(15)13-16(14)18;1-9(2)5-8(11-7-13)6-10(3,4)12(9)14;1-8(2)5-7(11)6-9(3,4)10(8)12;1-8(2)6-5-7-9(3,4)10(8)11;1-2/h1-21,32H;1-23,31H;4-13,22H,1-3H3;7-12H,13H2,1-6H3;8,14H,5-6H2,1-4H3;7,11-12H,5-6H2,1-4H3;11H,5-7H2,1-4H3;. The Kier molecular flexibility index (Phi) is 31.2. The zero-order valence-electron chi connectivity index (χ0n) is 90.1. The van der Waals surface area contributed by atoms with Crippen LogP contribution in [0.3, 0.4) is 0 Å². The van der Waals surface area contributed by atoms with Crippen LogP contribution in [0, 0.1) is 31.6 Å². The van der Waals surface area contributed by atoms with Gasteiger partial charge in [0.2, 0.25) is 6.08 Å². The maximum Gasteiger partial charge on any atom is 0.235 e. The Morgan fingerprint density at radius 2 is 0.626 bits per heavy atom. The lowest BCUT2D eigenvalue weighted by molar-refractivity contribution is -0.257. The second-order valence-electron chi connectivity index (χ2n) is 47.1. The molecule has 0 saturated carbocycles. The Morgan fingerprint density at radius 1 is 0.340 bits per heavy atom. The van der Waals surface area contributed by atoms with Crippen molar-refractivity contribution in [3.63, 3.8) is 0 Å². The first-order chi connectivity index (χ1) is 70.1. The number of benzene rings is 15. The first kappa shape index (κ1) is 106. The number of carbonyl (C=O) groups excluding carboxylic acids is 1. The lowest BCUT2D eigenvalue weighted by Crippen LogP contribution is -2.60. The van der Waals surface area contributed by atoms with Crippen molar-refractivity contribution in [1.82, 2.24) is 15.2 Å². The summed E-state index contributed by atoms with van der Waals surface area (Å²) in [5.74, 6) is 0.726. The molecule has 11 nitrogen and oxygen atoms in total. The molecule has 0 unspecified atom stereocenters. The number of aryl methyl sites for hydroxylation is 3. The average Bonchev–Trinajstić information content (AvgIpc) is 1.58. The maximum absolute atomic E-state index is 10.2. The number of aliphatic hydroxyl groups is 1. The molecule has 0 amide bonds. The second-order valence-corrected chi connectivity index (χ2v) is 47.1. The molecule has 3 fully saturated rings. The van der Waals surface area contributed by atoms with Gasteiger partial charge in [-0.1, -0.05) is 411 Å². The molecule has 0 bridgehead atoms. The molecule has 3 saturated heterocycles. The van der Waals surface area contributed by atoms with Gasteiger partial charge in [0.15, 0.2) is 0 Å². The minimum atomic E-state index is -0.355. The molecular weight excluding hydrogens is 1800 g/mol. The van der Waals surface area contributed by atoms with Gasteiger partial charge in [-0.3, -0.25) is 0 Å². The van der Waals surface area contributed by atoms with Crippen molar-refractivity contribution >= 4 is 17.2 Å². The number of hydroxylamine groups is 6. The zero-order chi connectivity index (χ0) is 105. The Morgan fingerprint density at radius 3 is 0.973 bits per heavy atom. The molecule has 752 valence electrons. The third-order valence-corrected chi connectivity index (χ3v) is 31.8. The number of fused-ring (bicyclic) bond motifs is 15. The van der Waals surface area contributed by atoms with E-state index in [4.69, 9.17) is 10.8 Å². The minimum absolute atomic E-state index is 0.0269. The Labute approximate surface area is 874 Å². The predicted octanol–water partition coefficient (Wildman–Crippen LogP) is 33.5. The second kappa shape index (κ2) is 43.2. The highest BCUT2D eigenvalue weighted by molar-refractivity contribution is 6.13. The number of piperidine rings is 3. The zero-order valence-corrected chi connectivity index (χ0v) is 90.1. The molecule has 147 heavy (non-hydrogen) atoms. The van der Waals surface area contributed by atoms with Gasteiger partial charge < -0.3 is 20.7 Å². The van der Waals surface area contributed by atoms with Crippen LogP contribution in [0.15, 0.2) is 369 Å². The fraction of sp³-hybridized carbons (Fsp3) is 0.316. The van der Waals surface area contributed by atoms with E-state index < -0.39 is 0 Å². The van der Waals surface area contributed by atoms with Gasteiger partial charge in [0.25, 0.3) is 0 Å². The highest BCUT2D eigenvalue weighted by atomic mass is 16.5. The first-order valence-corrected chi connectivity index (χ1v) is 52.5. The van der Waals surface area contributed by atoms with Gasteiger partial charge in [-0.05, 0) is 339 Å². The smallest absolute Gasteiger partial charge is 0.235 e. The molecule has 0 aromatic heterocycles. The van der Waals surface area contributed by atoms with E-state index in [0.29, 0.717) is 31.6 Å². The summed E-state index contributed by atoms with van der Waals surface area (Å²) in [6.07, 6.45) is 8.43. The van der Waals surface area contributed by atoms with Gasteiger partial charge in [0.05, 0.1) is 17.6 Å². The van der Waals surface area contributed by atoms with Crippen molar-refractivity contribution in [3.8, 4) is 55.6 Å². The summed E-state index contributed by atoms with van der Waals surface area (Å²) in [5, 5.41) is 55.4. The van der Waals surface area contributed by atoms with Crippen molar-refractivity contribution in [2.24, 2.45) is 4.99 Å². The van der Waals surface area contributed by atoms with E-state index in [1.165, 1.54) is 200 Å². The van der Waals surface area contributed by atoms with E-state index in [-0.39, 0.29) is 73.5 Å². The van der Waals surface area contributed by atoms with Gasteiger partial charge >= 0.3 is 0 Å². The third-order valence-electron chi connectivity index (χ3n) is 31.8. The number of aliphatic imine (C=N–C) groups is 1. The summed E-state index contributed by atoms with van der Waals surface area (Å²) in [6.45, 7) is 44.5. The van der Waals surface area contributed by atoms with Crippen LogP contribution >= 0.6 is 0 Å². The lowest BCUT2D eigenvalue weighted by Gasteiger charge is -2.50. The molecule has 4 N–H and O–H groups in total. The van der Waals surface area contributed by atoms with E-state index in [1.54, 1.807) is 6.08 Å². The molecule has 3 aliphatic heterocycles. The summed E-state index contributed by atoms with van der Waals surface area (Å²) >= 11 is 0. The molecule has 0 radical (unpaired) electrons. The van der Waals surface area contributed by atoms with Crippen LogP contribution < -0.4 is 0 Å². The van der Waals surface area contributed by atoms with Crippen LogP contribution in [0.5, 0.6) is 0 Å². The van der Waals surface area contributed by atoms with Crippen LogP contribution in [0.1, 0.15) is 299 Å². The largest absolute Gasteiger partial charge is 0.393 e. The molecule has 0 atom stereocenters.